The van der Waals surface area contributed by atoms with Crippen molar-refractivity contribution in [2.24, 2.45) is 0 Å². The Hall–Kier alpha value is -0.780. The van der Waals surface area contributed by atoms with Crippen LogP contribution in [0.4, 0.5) is 13.2 Å². The zero-order valence-electron chi connectivity index (χ0n) is 7.16. The average Bonchev–Trinajstić information content (AvgIpc) is 2.67. The number of nitrogens with one attached hydrogen (secondary N) is 2. The van der Waals surface area contributed by atoms with E-state index in [4.69, 9.17) is 0 Å². The first-order valence-corrected chi connectivity index (χ1v) is 3.94. The summed E-state index contributed by atoms with van der Waals surface area (Å²) >= 11 is 0. The fourth-order valence-corrected chi connectivity index (χ4v) is 1.08. The molecule has 0 bridgehead atoms. The van der Waals surface area contributed by atoms with E-state index in [0.29, 0.717) is 0 Å². The Labute approximate surface area is 73.7 Å². The van der Waals surface area contributed by atoms with Crippen molar-refractivity contribution in [3.63, 3.8) is 0 Å². The molecule has 1 fully saturated rings. The molecule has 1 amide bonds. The Bertz CT molecular complexity index is 210. The van der Waals surface area contributed by atoms with Crippen LogP contribution in [0, 0.1) is 0 Å². The van der Waals surface area contributed by atoms with E-state index < -0.39 is 17.6 Å². The van der Waals surface area contributed by atoms with Crippen LogP contribution in [0.2, 0.25) is 0 Å². The van der Waals surface area contributed by atoms with Gasteiger partial charge in [0.2, 0.25) is 5.91 Å². The van der Waals surface area contributed by atoms with E-state index in [0.717, 1.165) is 0 Å². The molecule has 0 aromatic heterocycles. The van der Waals surface area contributed by atoms with Crippen LogP contribution in [0.1, 0.15) is 12.8 Å². The second-order valence-electron chi connectivity index (χ2n) is 3.16. The molecule has 0 radical (unpaired) electrons. The molecule has 6 heteroatoms. The molecule has 0 unspecified atom stereocenters. The lowest BCUT2D eigenvalue weighted by Crippen LogP contribution is -2.50. The maximum absolute atomic E-state index is 12.3. The number of amides is 1. The predicted octanol–water partition coefficient (Wildman–Crippen LogP) is 0.417. The number of hydrogen-bond donors (Lipinski definition) is 2. The number of hydrogen-bond acceptors (Lipinski definition) is 2. The summed E-state index contributed by atoms with van der Waals surface area (Å²) in [7, 11) is 1.51. The van der Waals surface area contributed by atoms with Crippen molar-refractivity contribution in [3.8, 4) is 0 Å². The summed E-state index contributed by atoms with van der Waals surface area (Å²) in [6, 6.07) is 0. The van der Waals surface area contributed by atoms with Crippen LogP contribution >= 0.6 is 0 Å². The Kier molecular flexibility index (Phi) is 2.51. The molecule has 0 aromatic rings. The molecule has 1 aliphatic rings. The van der Waals surface area contributed by atoms with Crippen LogP contribution in [0.15, 0.2) is 0 Å². The zero-order chi connectivity index (χ0) is 10.1. The third-order valence-corrected chi connectivity index (χ3v) is 2.01. The van der Waals surface area contributed by atoms with Crippen molar-refractivity contribution >= 4 is 5.91 Å². The fraction of sp³-hybridized carbons (Fsp3) is 0.857. The number of alkyl halides is 3. The smallest absolute Gasteiger partial charge is 0.341 e. The number of rotatable bonds is 3. The van der Waals surface area contributed by atoms with Gasteiger partial charge in [-0.15, -0.1) is 0 Å². The van der Waals surface area contributed by atoms with Gasteiger partial charge in [0.1, 0.15) is 5.54 Å². The third-order valence-electron chi connectivity index (χ3n) is 2.01. The quantitative estimate of drug-likeness (QED) is 0.686. The number of likely N-dealkylation sites (N-methyl/N-ethyl adjacent to an activating group) is 1. The van der Waals surface area contributed by atoms with Gasteiger partial charge in [0.25, 0.3) is 0 Å². The van der Waals surface area contributed by atoms with Crippen molar-refractivity contribution in [2.45, 2.75) is 24.6 Å². The standard InChI is InChI=1S/C7H11F3N2O/c1-11-4-5(13)12-6(2-3-6)7(8,9)10/h11H,2-4H2,1H3,(H,12,13). The van der Waals surface area contributed by atoms with Crippen LogP contribution in [0.5, 0.6) is 0 Å². The largest absolute Gasteiger partial charge is 0.411 e. The highest BCUT2D eigenvalue weighted by atomic mass is 19.4. The molecular weight excluding hydrogens is 185 g/mol. The van der Waals surface area contributed by atoms with Crippen LogP contribution in [-0.2, 0) is 4.79 Å². The van der Waals surface area contributed by atoms with E-state index >= 15 is 0 Å². The van der Waals surface area contributed by atoms with Gasteiger partial charge in [-0.1, -0.05) is 0 Å². The van der Waals surface area contributed by atoms with E-state index in [-0.39, 0.29) is 19.4 Å². The highest BCUT2D eigenvalue weighted by Crippen LogP contribution is 2.48. The monoisotopic (exact) mass is 196 g/mol. The summed E-state index contributed by atoms with van der Waals surface area (Å²) in [5, 5.41) is 4.47. The molecule has 0 spiro atoms. The molecule has 1 rings (SSSR count). The molecule has 0 aromatic carbocycles. The van der Waals surface area contributed by atoms with Crippen molar-refractivity contribution in [2.75, 3.05) is 13.6 Å². The molecular formula is C7H11F3N2O. The van der Waals surface area contributed by atoms with E-state index in [2.05, 4.69) is 5.32 Å². The van der Waals surface area contributed by atoms with E-state index in [1.165, 1.54) is 7.05 Å². The minimum Gasteiger partial charge on any atom is -0.341 e. The molecule has 0 saturated heterocycles. The lowest BCUT2D eigenvalue weighted by molar-refractivity contribution is -0.170. The second kappa shape index (κ2) is 3.17. The Morgan fingerprint density at radius 3 is 2.31 bits per heavy atom. The summed E-state index contributed by atoms with van der Waals surface area (Å²) in [5.41, 5.74) is -1.93. The lowest BCUT2D eigenvalue weighted by atomic mass is 10.2. The van der Waals surface area contributed by atoms with Gasteiger partial charge < -0.3 is 10.6 Å². The summed E-state index contributed by atoms with van der Waals surface area (Å²) in [5.74, 6) is -0.614. The van der Waals surface area contributed by atoms with Crippen LogP contribution in [0.3, 0.4) is 0 Å². The predicted molar refractivity (Wildman–Crippen MR) is 40.1 cm³/mol. The van der Waals surface area contributed by atoms with E-state index in [9.17, 15) is 18.0 Å². The van der Waals surface area contributed by atoms with Crippen molar-refractivity contribution in [3.05, 3.63) is 0 Å². The third kappa shape index (κ3) is 2.12. The topological polar surface area (TPSA) is 41.1 Å². The van der Waals surface area contributed by atoms with Gasteiger partial charge >= 0.3 is 6.18 Å². The SMILES string of the molecule is CNCC(=O)NC1(C(F)(F)F)CC1. The first kappa shape index (κ1) is 10.3. The van der Waals surface area contributed by atoms with Crippen LogP contribution in [0.25, 0.3) is 0 Å². The molecule has 76 valence electrons. The number of carbonyl (C=O) groups is 1. The molecule has 13 heavy (non-hydrogen) atoms. The highest BCUT2D eigenvalue weighted by molar-refractivity contribution is 5.79. The molecule has 3 nitrogen and oxygen atoms in total. The molecule has 0 atom stereocenters. The average molecular weight is 196 g/mol. The second-order valence-corrected chi connectivity index (χ2v) is 3.16. The van der Waals surface area contributed by atoms with Gasteiger partial charge in [-0.3, -0.25) is 4.79 Å². The van der Waals surface area contributed by atoms with Gasteiger partial charge in [-0.05, 0) is 19.9 Å². The molecule has 0 aliphatic heterocycles. The number of carbonyl (C=O) groups excluding carboxylic acids is 1. The molecule has 0 heterocycles. The molecule has 2 N–H and O–H groups in total. The van der Waals surface area contributed by atoms with Gasteiger partial charge in [-0.2, -0.15) is 13.2 Å². The highest BCUT2D eigenvalue weighted by Gasteiger charge is 2.64. The summed E-state index contributed by atoms with van der Waals surface area (Å²) < 4.78 is 36.8. The first-order chi connectivity index (χ1) is 5.91. The van der Waals surface area contributed by atoms with E-state index in [1.54, 1.807) is 0 Å². The van der Waals surface area contributed by atoms with Gasteiger partial charge in [0.15, 0.2) is 0 Å². The normalized spacial score (nSPS) is 19.7. The van der Waals surface area contributed by atoms with Crippen LogP contribution in [-0.4, -0.2) is 31.2 Å². The summed E-state index contributed by atoms with van der Waals surface area (Å²) in [6.45, 7) is -0.0855. The minimum absolute atomic E-state index is 0.00798. The maximum Gasteiger partial charge on any atom is 0.411 e. The van der Waals surface area contributed by atoms with Crippen molar-refractivity contribution < 1.29 is 18.0 Å². The maximum atomic E-state index is 12.3. The Morgan fingerprint density at radius 2 is 2.00 bits per heavy atom. The number of halogens is 3. The van der Waals surface area contributed by atoms with Gasteiger partial charge in [-0.25, -0.2) is 0 Å². The fourth-order valence-electron chi connectivity index (χ4n) is 1.08. The summed E-state index contributed by atoms with van der Waals surface area (Å²) in [6.07, 6.45) is -4.34. The van der Waals surface area contributed by atoms with Gasteiger partial charge in [0.05, 0.1) is 6.54 Å². The lowest BCUT2D eigenvalue weighted by Gasteiger charge is -2.20. The molecule has 1 aliphatic carbocycles. The zero-order valence-corrected chi connectivity index (χ0v) is 7.16. The van der Waals surface area contributed by atoms with Crippen molar-refractivity contribution in [1.29, 1.82) is 0 Å². The summed E-state index contributed by atoms with van der Waals surface area (Å²) in [4.78, 5) is 10.9. The van der Waals surface area contributed by atoms with Crippen LogP contribution < -0.4 is 10.6 Å². The minimum atomic E-state index is -4.32. The van der Waals surface area contributed by atoms with Crippen molar-refractivity contribution in [1.82, 2.24) is 10.6 Å². The first-order valence-electron chi connectivity index (χ1n) is 3.94. The molecule has 1 saturated carbocycles. The Morgan fingerprint density at radius 1 is 1.46 bits per heavy atom. The Balaban J connectivity index is 2.49. The van der Waals surface area contributed by atoms with Gasteiger partial charge in [0, 0.05) is 0 Å². The van der Waals surface area contributed by atoms with E-state index in [1.807, 2.05) is 5.32 Å².